The third kappa shape index (κ3) is 13.9. The van der Waals surface area contributed by atoms with E-state index in [1.54, 1.807) is 0 Å². The smallest absolute Gasteiger partial charge is 0.0588 e. The Morgan fingerprint density at radius 2 is 1.38 bits per heavy atom. The molecule has 2 N–H and O–H groups in total. The SMILES string of the molecule is CC(C)CCCCCCCCCOCCN. The molecule has 0 amide bonds. The van der Waals surface area contributed by atoms with Crippen molar-refractivity contribution in [3.05, 3.63) is 0 Å². The first-order chi connectivity index (χ1) is 7.77. The number of hydrogen-bond acceptors (Lipinski definition) is 2. The molecule has 0 aliphatic heterocycles. The monoisotopic (exact) mass is 229 g/mol. The fraction of sp³-hybridized carbons (Fsp3) is 1.00. The third-order valence-electron chi connectivity index (χ3n) is 2.83. The van der Waals surface area contributed by atoms with Crippen molar-refractivity contribution in [2.75, 3.05) is 19.8 Å². The van der Waals surface area contributed by atoms with E-state index in [4.69, 9.17) is 10.5 Å². The van der Waals surface area contributed by atoms with Crippen LogP contribution in [-0.2, 0) is 4.74 Å². The zero-order chi connectivity index (χ0) is 12.1. The first-order valence-electron chi connectivity index (χ1n) is 7.05. The van der Waals surface area contributed by atoms with Gasteiger partial charge in [0.2, 0.25) is 0 Å². The molecule has 0 spiro atoms. The van der Waals surface area contributed by atoms with Crippen molar-refractivity contribution < 1.29 is 4.74 Å². The summed E-state index contributed by atoms with van der Waals surface area (Å²) in [4.78, 5) is 0. The molecular weight excluding hydrogens is 198 g/mol. The molecule has 0 aliphatic carbocycles. The second-order valence-corrected chi connectivity index (χ2v) is 5.06. The van der Waals surface area contributed by atoms with E-state index < -0.39 is 0 Å². The highest BCUT2D eigenvalue weighted by Gasteiger charge is 1.95. The number of unbranched alkanes of at least 4 members (excludes halogenated alkanes) is 6. The molecule has 2 nitrogen and oxygen atoms in total. The number of ether oxygens (including phenoxy) is 1. The standard InChI is InChI=1S/C14H31NO/c1-14(2)10-8-6-4-3-5-7-9-12-16-13-11-15/h14H,3-13,15H2,1-2H3. The van der Waals surface area contributed by atoms with Crippen LogP contribution in [0.2, 0.25) is 0 Å². The van der Waals surface area contributed by atoms with Crippen molar-refractivity contribution in [3.8, 4) is 0 Å². The highest BCUT2D eigenvalue weighted by Crippen LogP contribution is 2.11. The summed E-state index contributed by atoms with van der Waals surface area (Å²) in [7, 11) is 0. The topological polar surface area (TPSA) is 35.2 Å². The van der Waals surface area contributed by atoms with Gasteiger partial charge in [0.15, 0.2) is 0 Å². The zero-order valence-corrected chi connectivity index (χ0v) is 11.3. The minimum absolute atomic E-state index is 0.649. The maximum absolute atomic E-state index is 5.33. The van der Waals surface area contributed by atoms with Gasteiger partial charge in [0.25, 0.3) is 0 Å². The maximum atomic E-state index is 5.33. The number of hydrogen-bond donors (Lipinski definition) is 1. The maximum Gasteiger partial charge on any atom is 0.0588 e. The van der Waals surface area contributed by atoms with E-state index in [2.05, 4.69) is 13.8 Å². The summed E-state index contributed by atoms with van der Waals surface area (Å²) in [6.07, 6.45) is 10.9. The Morgan fingerprint density at radius 1 is 0.812 bits per heavy atom. The van der Waals surface area contributed by atoms with Crippen molar-refractivity contribution in [1.82, 2.24) is 0 Å². The van der Waals surface area contributed by atoms with Gasteiger partial charge in [-0.15, -0.1) is 0 Å². The van der Waals surface area contributed by atoms with E-state index in [-0.39, 0.29) is 0 Å². The van der Waals surface area contributed by atoms with Crippen LogP contribution in [0.15, 0.2) is 0 Å². The van der Waals surface area contributed by atoms with E-state index in [0.29, 0.717) is 6.54 Å². The second-order valence-electron chi connectivity index (χ2n) is 5.06. The Bertz CT molecular complexity index is 126. The van der Waals surface area contributed by atoms with Gasteiger partial charge in [0.1, 0.15) is 0 Å². The Hall–Kier alpha value is -0.0800. The quantitative estimate of drug-likeness (QED) is 0.517. The lowest BCUT2D eigenvalue weighted by Gasteiger charge is -2.04. The third-order valence-corrected chi connectivity index (χ3v) is 2.83. The Balaban J connectivity index is 2.88. The van der Waals surface area contributed by atoms with Crippen molar-refractivity contribution in [3.63, 3.8) is 0 Å². The van der Waals surface area contributed by atoms with Gasteiger partial charge in [0.05, 0.1) is 6.61 Å². The second kappa shape index (κ2) is 13.0. The average Bonchev–Trinajstić information content (AvgIpc) is 2.25. The van der Waals surface area contributed by atoms with Crippen LogP contribution in [0.4, 0.5) is 0 Å². The minimum Gasteiger partial charge on any atom is -0.380 e. The lowest BCUT2D eigenvalue weighted by Crippen LogP contribution is -2.08. The molecule has 2 heteroatoms. The Kier molecular flexibility index (Phi) is 12.9. The summed E-state index contributed by atoms with van der Waals surface area (Å²) in [5.74, 6) is 0.875. The van der Waals surface area contributed by atoms with Gasteiger partial charge < -0.3 is 10.5 Å². The molecule has 0 radical (unpaired) electrons. The molecule has 0 saturated carbocycles. The molecule has 0 aliphatic rings. The van der Waals surface area contributed by atoms with Crippen molar-refractivity contribution in [1.29, 1.82) is 0 Å². The van der Waals surface area contributed by atoms with E-state index in [1.807, 2.05) is 0 Å². The van der Waals surface area contributed by atoms with Crippen LogP contribution in [0.3, 0.4) is 0 Å². The summed E-state index contributed by atoms with van der Waals surface area (Å²) >= 11 is 0. The molecule has 0 aromatic rings. The van der Waals surface area contributed by atoms with Crippen molar-refractivity contribution in [2.24, 2.45) is 11.7 Å². The first-order valence-corrected chi connectivity index (χ1v) is 7.05. The first kappa shape index (κ1) is 15.9. The molecule has 0 rings (SSSR count). The van der Waals surface area contributed by atoms with Gasteiger partial charge in [-0.25, -0.2) is 0 Å². The molecule has 0 bridgehead atoms. The predicted molar refractivity (Wildman–Crippen MR) is 71.6 cm³/mol. The van der Waals surface area contributed by atoms with Crippen LogP contribution in [0.25, 0.3) is 0 Å². The molecule has 0 saturated heterocycles. The van der Waals surface area contributed by atoms with E-state index in [1.165, 1.54) is 51.4 Å². The molecule has 0 aromatic heterocycles. The minimum atomic E-state index is 0.649. The summed E-state index contributed by atoms with van der Waals surface area (Å²) in [5.41, 5.74) is 5.33. The fourth-order valence-electron chi connectivity index (χ4n) is 1.83. The summed E-state index contributed by atoms with van der Waals surface area (Å²) in [6, 6.07) is 0. The van der Waals surface area contributed by atoms with Gasteiger partial charge in [-0.1, -0.05) is 58.8 Å². The van der Waals surface area contributed by atoms with Crippen LogP contribution in [0.5, 0.6) is 0 Å². The average molecular weight is 229 g/mol. The van der Waals surface area contributed by atoms with E-state index in [0.717, 1.165) is 19.1 Å². The van der Waals surface area contributed by atoms with Gasteiger partial charge in [-0.2, -0.15) is 0 Å². The van der Waals surface area contributed by atoms with Crippen LogP contribution in [0, 0.1) is 5.92 Å². The van der Waals surface area contributed by atoms with Gasteiger partial charge in [-0.3, -0.25) is 0 Å². The van der Waals surface area contributed by atoms with Crippen LogP contribution in [-0.4, -0.2) is 19.8 Å². The van der Waals surface area contributed by atoms with Gasteiger partial charge in [0, 0.05) is 13.2 Å². The highest BCUT2D eigenvalue weighted by molar-refractivity contribution is 4.49. The van der Waals surface area contributed by atoms with E-state index in [9.17, 15) is 0 Å². The summed E-state index contributed by atoms with van der Waals surface area (Å²) < 4.78 is 5.33. The Labute approximate surface area is 102 Å². The molecule has 0 atom stereocenters. The lowest BCUT2D eigenvalue weighted by atomic mass is 10.0. The van der Waals surface area contributed by atoms with Crippen molar-refractivity contribution in [2.45, 2.75) is 65.2 Å². The number of nitrogens with two attached hydrogens (primary N) is 1. The normalized spacial score (nSPS) is 11.2. The number of rotatable bonds is 12. The Morgan fingerprint density at radius 3 is 1.94 bits per heavy atom. The zero-order valence-electron chi connectivity index (χ0n) is 11.3. The fourth-order valence-corrected chi connectivity index (χ4v) is 1.83. The van der Waals surface area contributed by atoms with Crippen LogP contribution in [0.1, 0.15) is 65.2 Å². The molecule has 0 unspecified atom stereocenters. The highest BCUT2D eigenvalue weighted by atomic mass is 16.5. The molecule has 16 heavy (non-hydrogen) atoms. The van der Waals surface area contributed by atoms with Gasteiger partial charge in [-0.05, 0) is 12.3 Å². The van der Waals surface area contributed by atoms with Crippen LogP contribution >= 0.6 is 0 Å². The van der Waals surface area contributed by atoms with Crippen molar-refractivity contribution >= 4 is 0 Å². The summed E-state index contributed by atoms with van der Waals surface area (Å²) in [6.45, 7) is 6.87. The molecule has 98 valence electrons. The predicted octanol–water partition coefficient (Wildman–Crippen LogP) is 3.74. The van der Waals surface area contributed by atoms with E-state index >= 15 is 0 Å². The van der Waals surface area contributed by atoms with Gasteiger partial charge >= 0.3 is 0 Å². The molecule has 0 aromatic carbocycles. The molecular formula is C14H31NO. The van der Waals surface area contributed by atoms with Crippen LogP contribution < -0.4 is 5.73 Å². The summed E-state index contributed by atoms with van der Waals surface area (Å²) in [5, 5.41) is 0. The lowest BCUT2D eigenvalue weighted by molar-refractivity contribution is 0.137. The molecule has 0 fully saturated rings. The molecule has 0 heterocycles. The largest absolute Gasteiger partial charge is 0.380 e.